The highest BCUT2D eigenvalue weighted by Gasteiger charge is 2.10. The third kappa shape index (κ3) is 2.76. The summed E-state index contributed by atoms with van der Waals surface area (Å²) in [4.78, 5) is 5.09. The van der Waals surface area contributed by atoms with E-state index in [0.717, 1.165) is 22.2 Å². The Balaban J connectivity index is 2.21. The van der Waals surface area contributed by atoms with Crippen molar-refractivity contribution >= 4 is 17.4 Å². The second kappa shape index (κ2) is 5.77. The molecular weight excluding hydrogens is 248 g/mol. The van der Waals surface area contributed by atoms with Crippen molar-refractivity contribution < 1.29 is 4.74 Å². The summed E-state index contributed by atoms with van der Waals surface area (Å²) in [6.07, 6.45) is 2.48. The van der Waals surface area contributed by atoms with Crippen LogP contribution < -0.4 is 10.5 Å². The number of anilines is 1. The summed E-state index contributed by atoms with van der Waals surface area (Å²) in [5, 5.41) is 4.83. The van der Waals surface area contributed by atoms with Crippen molar-refractivity contribution in [3.8, 4) is 5.75 Å². The van der Waals surface area contributed by atoms with Crippen LogP contribution in [-0.2, 0) is 7.05 Å². The third-order valence-electron chi connectivity index (χ3n) is 2.36. The Labute approximate surface area is 110 Å². The predicted molar refractivity (Wildman–Crippen MR) is 71.8 cm³/mol. The van der Waals surface area contributed by atoms with E-state index in [1.165, 1.54) is 18.1 Å². The fraction of sp³-hybridized carbons (Fsp3) is 0.333. The number of benzene rings is 1. The Morgan fingerprint density at radius 3 is 2.94 bits per heavy atom. The van der Waals surface area contributed by atoms with Gasteiger partial charge in [-0.05, 0) is 30.3 Å². The van der Waals surface area contributed by atoms with E-state index in [1.54, 1.807) is 4.68 Å². The van der Waals surface area contributed by atoms with Crippen LogP contribution in [0.1, 0.15) is 13.3 Å². The quantitative estimate of drug-likeness (QED) is 0.840. The Morgan fingerprint density at radius 2 is 2.28 bits per heavy atom. The van der Waals surface area contributed by atoms with Gasteiger partial charge in [0.15, 0.2) is 5.16 Å². The number of rotatable bonds is 5. The maximum absolute atomic E-state index is 6.09. The van der Waals surface area contributed by atoms with E-state index in [2.05, 4.69) is 17.0 Å². The molecule has 0 bridgehead atoms. The van der Waals surface area contributed by atoms with E-state index in [4.69, 9.17) is 10.5 Å². The van der Waals surface area contributed by atoms with Gasteiger partial charge in [0.25, 0.3) is 0 Å². The number of ether oxygens (including phenoxy) is 1. The Morgan fingerprint density at radius 1 is 1.44 bits per heavy atom. The molecule has 1 aromatic carbocycles. The highest BCUT2D eigenvalue weighted by molar-refractivity contribution is 7.99. The van der Waals surface area contributed by atoms with Gasteiger partial charge in [0.2, 0.25) is 0 Å². The fourth-order valence-electron chi connectivity index (χ4n) is 1.43. The molecule has 0 amide bonds. The van der Waals surface area contributed by atoms with Crippen LogP contribution in [0.2, 0.25) is 0 Å². The normalized spacial score (nSPS) is 10.6. The highest BCUT2D eigenvalue weighted by atomic mass is 32.2. The average molecular weight is 264 g/mol. The molecule has 0 aliphatic carbocycles. The first-order valence-electron chi connectivity index (χ1n) is 5.75. The molecule has 6 heteroatoms. The molecule has 2 rings (SSSR count). The van der Waals surface area contributed by atoms with Crippen molar-refractivity contribution in [1.29, 1.82) is 0 Å². The minimum absolute atomic E-state index is 0.652. The van der Waals surface area contributed by atoms with E-state index < -0.39 is 0 Å². The number of para-hydroxylation sites is 1. The lowest BCUT2D eigenvalue weighted by atomic mass is 10.3. The molecule has 0 aliphatic heterocycles. The van der Waals surface area contributed by atoms with Gasteiger partial charge >= 0.3 is 0 Å². The zero-order valence-corrected chi connectivity index (χ0v) is 11.3. The average Bonchev–Trinajstić information content (AvgIpc) is 2.76. The third-order valence-corrected chi connectivity index (χ3v) is 3.49. The molecule has 1 heterocycles. The molecule has 18 heavy (non-hydrogen) atoms. The van der Waals surface area contributed by atoms with Gasteiger partial charge in [-0.3, -0.25) is 0 Å². The van der Waals surface area contributed by atoms with Crippen LogP contribution in [0.3, 0.4) is 0 Å². The van der Waals surface area contributed by atoms with E-state index in [-0.39, 0.29) is 0 Å². The second-order valence-corrected chi connectivity index (χ2v) is 4.79. The molecule has 0 saturated carbocycles. The zero-order chi connectivity index (χ0) is 13.0. The summed E-state index contributed by atoms with van der Waals surface area (Å²) in [5.41, 5.74) is 6.74. The van der Waals surface area contributed by atoms with Crippen LogP contribution >= 0.6 is 11.8 Å². The summed E-state index contributed by atoms with van der Waals surface area (Å²) in [6, 6.07) is 5.76. The first kappa shape index (κ1) is 12.8. The number of aromatic nitrogens is 3. The van der Waals surface area contributed by atoms with Crippen molar-refractivity contribution in [1.82, 2.24) is 14.8 Å². The first-order valence-corrected chi connectivity index (χ1v) is 6.57. The minimum atomic E-state index is 0.652. The standard InChI is InChI=1S/C12H16N4OS/c1-3-7-17-9-5-4-6-10(11(9)13)18-12-14-8-15-16(12)2/h4-6,8H,3,7,13H2,1-2H3. The van der Waals surface area contributed by atoms with Gasteiger partial charge in [-0.1, -0.05) is 13.0 Å². The largest absolute Gasteiger partial charge is 0.491 e. The molecule has 1 aromatic heterocycles. The molecular formula is C12H16N4OS. The van der Waals surface area contributed by atoms with Gasteiger partial charge in [0.1, 0.15) is 12.1 Å². The lowest BCUT2D eigenvalue weighted by Crippen LogP contribution is -2.00. The molecule has 0 radical (unpaired) electrons. The van der Waals surface area contributed by atoms with Crippen LogP contribution in [0.25, 0.3) is 0 Å². The Kier molecular flexibility index (Phi) is 4.09. The van der Waals surface area contributed by atoms with Crippen molar-refractivity contribution in [2.45, 2.75) is 23.4 Å². The maximum Gasteiger partial charge on any atom is 0.190 e. The van der Waals surface area contributed by atoms with Crippen LogP contribution in [-0.4, -0.2) is 21.4 Å². The summed E-state index contributed by atoms with van der Waals surface area (Å²) < 4.78 is 7.31. The van der Waals surface area contributed by atoms with Gasteiger partial charge in [0.05, 0.1) is 12.3 Å². The molecule has 0 saturated heterocycles. The van der Waals surface area contributed by atoms with Crippen LogP contribution in [0.4, 0.5) is 5.69 Å². The molecule has 2 N–H and O–H groups in total. The number of aryl methyl sites for hydroxylation is 1. The summed E-state index contributed by atoms with van der Waals surface area (Å²) in [5.74, 6) is 0.726. The van der Waals surface area contributed by atoms with E-state index in [9.17, 15) is 0 Å². The smallest absolute Gasteiger partial charge is 0.190 e. The number of hydrogen-bond acceptors (Lipinski definition) is 5. The van der Waals surface area contributed by atoms with E-state index in [0.29, 0.717) is 12.3 Å². The number of hydrogen-bond donors (Lipinski definition) is 1. The van der Waals surface area contributed by atoms with Gasteiger partial charge in [-0.2, -0.15) is 5.10 Å². The zero-order valence-electron chi connectivity index (χ0n) is 10.5. The Bertz CT molecular complexity index is 527. The summed E-state index contributed by atoms with van der Waals surface area (Å²) >= 11 is 1.48. The predicted octanol–water partition coefficient (Wildman–Crippen LogP) is 2.34. The fourth-order valence-corrected chi connectivity index (χ4v) is 2.26. The molecule has 0 fully saturated rings. The lowest BCUT2D eigenvalue weighted by Gasteiger charge is -2.11. The summed E-state index contributed by atoms with van der Waals surface area (Å²) in [6.45, 7) is 2.73. The molecule has 96 valence electrons. The lowest BCUT2D eigenvalue weighted by molar-refractivity contribution is 0.318. The van der Waals surface area contributed by atoms with Crippen molar-refractivity contribution in [2.75, 3.05) is 12.3 Å². The van der Waals surface area contributed by atoms with Crippen molar-refractivity contribution in [3.63, 3.8) is 0 Å². The van der Waals surface area contributed by atoms with Gasteiger partial charge < -0.3 is 10.5 Å². The number of nitrogens with zero attached hydrogens (tertiary/aromatic N) is 3. The van der Waals surface area contributed by atoms with Gasteiger partial charge in [-0.25, -0.2) is 9.67 Å². The highest BCUT2D eigenvalue weighted by Crippen LogP contribution is 2.35. The van der Waals surface area contributed by atoms with E-state index >= 15 is 0 Å². The number of nitrogens with two attached hydrogens (primary N) is 1. The van der Waals surface area contributed by atoms with Crippen LogP contribution in [0, 0.1) is 0 Å². The van der Waals surface area contributed by atoms with E-state index in [1.807, 2.05) is 25.2 Å². The molecule has 2 aromatic rings. The van der Waals surface area contributed by atoms with Crippen molar-refractivity contribution in [2.24, 2.45) is 7.05 Å². The van der Waals surface area contributed by atoms with Crippen molar-refractivity contribution in [3.05, 3.63) is 24.5 Å². The Hall–Kier alpha value is -1.69. The van der Waals surface area contributed by atoms with Crippen LogP contribution in [0.15, 0.2) is 34.6 Å². The molecule has 5 nitrogen and oxygen atoms in total. The maximum atomic E-state index is 6.09. The summed E-state index contributed by atoms with van der Waals surface area (Å²) in [7, 11) is 1.85. The minimum Gasteiger partial charge on any atom is -0.491 e. The van der Waals surface area contributed by atoms with Gasteiger partial charge in [0, 0.05) is 11.9 Å². The monoisotopic (exact) mass is 264 g/mol. The molecule has 0 unspecified atom stereocenters. The van der Waals surface area contributed by atoms with Crippen LogP contribution in [0.5, 0.6) is 5.75 Å². The first-order chi connectivity index (χ1) is 8.72. The SMILES string of the molecule is CCCOc1cccc(Sc2ncnn2C)c1N. The topological polar surface area (TPSA) is 66.0 Å². The van der Waals surface area contributed by atoms with Gasteiger partial charge in [-0.15, -0.1) is 0 Å². The second-order valence-electron chi connectivity index (χ2n) is 3.78. The molecule has 0 spiro atoms. The molecule has 0 atom stereocenters. The molecule has 0 aliphatic rings. The number of nitrogen functional groups attached to an aromatic ring is 1.